The number of halogens is 2. The molecule has 1 heterocycles. The molecule has 1 aromatic carbocycles. The zero-order chi connectivity index (χ0) is 14.0. The van der Waals surface area contributed by atoms with Crippen molar-refractivity contribution in [3.8, 4) is 0 Å². The first-order chi connectivity index (χ1) is 8.97. The normalized spacial score (nSPS) is 12.5. The van der Waals surface area contributed by atoms with Gasteiger partial charge in [-0.05, 0) is 49.1 Å². The summed E-state index contributed by atoms with van der Waals surface area (Å²) in [4.78, 5) is 4.35. The van der Waals surface area contributed by atoms with Gasteiger partial charge in [-0.25, -0.2) is 4.39 Å². The molecule has 0 aliphatic carbocycles. The number of aryl methyl sites for hydroxylation is 2. The van der Waals surface area contributed by atoms with Gasteiger partial charge in [0, 0.05) is 11.2 Å². The van der Waals surface area contributed by atoms with Crippen LogP contribution in [0.1, 0.15) is 28.4 Å². The van der Waals surface area contributed by atoms with E-state index < -0.39 is 0 Å². The molecular weight excluding hydrogens is 263 g/mol. The molecule has 2 N–H and O–H groups in total. The summed E-state index contributed by atoms with van der Waals surface area (Å²) < 4.78 is 13.7. The number of nitrogens with two attached hydrogens (primary N) is 1. The van der Waals surface area contributed by atoms with Crippen LogP contribution < -0.4 is 5.73 Å². The molecule has 0 saturated heterocycles. The van der Waals surface area contributed by atoms with Crippen LogP contribution in [0.4, 0.5) is 4.39 Å². The topological polar surface area (TPSA) is 38.9 Å². The summed E-state index contributed by atoms with van der Waals surface area (Å²) in [6.45, 7) is 3.95. The predicted octanol–water partition coefficient (Wildman–Crippen LogP) is 3.73. The van der Waals surface area contributed by atoms with Crippen molar-refractivity contribution in [3.63, 3.8) is 0 Å². The first kappa shape index (κ1) is 14.0. The van der Waals surface area contributed by atoms with Gasteiger partial charge in [0.1, 0.15) is 5.82 Å². The molecule has 19 heavy (non-hydrogen) atoms. The Morgan fingerprint density at radius 1 is 1.32 bits per heavy atom. The van der Waals surface area contributed by atoms with E-state index in [1.165, 1.54) is 6.07 Å². The van der Waals surface area contributed by atoms with Crippen molar-refractivity contribution in [2.45, 2.75) is 26.3 Å². The minimum Gasteiger partial charge on any atom is -0.322 e. The lowest BCUT2D eigenvalue weighted by Gasteiger charge is -2.14. The summed E-state index contributed by atoms with van der Waals surface area (Å²) in [5.74, 6) is -0.326. The van der Waals surface area contributed by atoms with E-state index in [2.05, 4.69) is 4.98 Å². The van der Waals surface area contributed by atoms with Crippen LogP contribution >= 0.6 is 11.6 Å². The van der Waals surface area contributed by atoms with Crippen LogP contribution in [0, 0.1) is 19.7 Å². The van der Waals surface area contributed by atoms with E-state index in [1.807, 2.05) is 19.9 Å². The summed E-state index contributed by atoms with van der Waals surface area (Å²) in [5, 5.41) is 0.388. The Kier molecular flexibility index (Phi) is 4.17. The molecule has 0 amide bonds. The van der Waals surface area contributed by atoms with Gasteiger partial charge in [-0.3, -0.25) is 4.98 Å². The first-order valence-electron chi connectivity index (χ1n) is 6.10. The van der Waals surface area contributed by atoms with Gasteiger partial charge in [-0.2, -0.15) is 0 Å². The largest absolute Gasteiger partial charge is 0.322 e. The zero-order valence-electron chi connectivity index (χ0n) is 11.0. The molecule has 0 saturated carbocycles. The van der Waals surface area contributed by atoms with Gasteiger partial charge in [-0.15, -0.1) is 0 Å². The summed E-state index contributed by atoms with van der Waals surface area (Å²) in [6, 6.07) is 6.35. The van der Waals surface area contributed by atoms with Gasteiger partial charge >= 0.3 is 0 Å². The van der Waals surface area contributed by atoms with Crippen molar-refractivity contribution in [1.82, 2.24) is 4.98 Å². The van der Waals surface area contributed by atoms with Crippen molar-refractivity contribution in [3.05, 3.63) is 63.7 Å². The minimum atomic E-state index is -0.326. The smallest absolute Gasteiger partial charge is 0.127 e. The Morgan fingerprint density at radius 2 is 2.05 bits per heavy atom. The van der Waals surface area contributed by atoms with Crippen LogP contribution in [0.3, 0.4) is 0 Å². The highest BCUT2D eigenvalue weighted by Gasteiger charge is 2.14. The predicted molar refractivity (Wildman–Crippen MR) is 75.8 cm³/mol. The zero-order valence-corrected chi connectivity index (χ0v) is 11.7. The number of hydrogen-bond donors (Lipinski definition) is 1. The van der Waals surface area contributed by atoms with Gasteiger partial charge in [0.05, 0.1) is 11.7 Å². The summed E-state index contributed by atoms with van der Waals surface area (Å²) >= 11 is 5.73. The minimum absolute atomic E-state index is 0.323. The Bertz CT molecular complexity index is 599. The second-order valence-corrected chi connectivity index (χ2v) is 5.20. The SMILES string of the molecule is Cc1cnc(C(N)Cc2ccc(Cl)cc2F)c(C)c1. The second-order valence-electron chi connectivity index (χ2n) is 4.76. The van der Waals surface area contributed by atoms with Crippen molar-refractivity contribution in [1.29, 1.82) is 0 Å². The highest BCUT2D eigenvalue weighted by molar-refractivity contribution is 6.30. The first-order valence-corrected chi connectivity index (χ1v) is 6.48. The van der Waals surface area contributed by atoms with Crippen LogP contribution in [0.15, 0.2) is 30.5 Å². The van der Waals surface area contributed by atoms with Gasteiger partial charge in [0.15, 0.2) is 0 Å². The molecule has 4 heteroatoms. The van der Waals surface area contributed by atoms with Crippen molar-refractivity contribution < 1.29 is 4.39 Å². The maximum Gasteiger partial charge on any atom is 0.127 e. The molecular formula is C15H16ClFN2. The molecule has 2 aromatic rings. The van der Waals surface area contributed by atoms with E-state index in [-0.39, 0.29) is 11.9 Å². The number of nitrogens with zero attached hydrogens (tertiary/aromatic N) is 1. The number of aromatic nitrogens is 1. The Balaban J connectivity index is 2.23. The number of pyridine rings is 1. The van der Waals surface area contributed by atoms with Crippen molar-refractivity contribution in [2.24, 2.45) is 5.73 Å². The fourth-order valence-corrected chi connectivity index (χ4v) is 2.29. The van der Waals surface area contributed by atoms with Crippen LogP contribution in [0.25, 0.3) is 0 Å². The van der Waals surface area contributed by atoms with Crippen LogP contribution in [0.2, 0.25) is 5.02 Å². The summed E-state index contributed by atoms with van der Waals surface area (Å²) in [5.41, 5.74) is 9.60. The van der Waals surface area contributed by atoms with Crippen molar-refractivity contribution >= 4 is 11.6 Å². The molecule has 1 unspecified atom stereocenters. The molecule has 0 bridgehead atoms. The van der Waals surface area contributed by atoms with Crippen LogP contribution in [-0.2, 0) is 6.42 Å². The number of hydrogen-bond acceptors (Lipinski definition) is 2. The third-order valence-corrected chi connectivity index (χ3v) is 3.30. The van der Waals surface area contributed by atoms with Gasteiger partial charge in [-0.1, -0.05) is 23.7 Å². The van der Waals surface area contributed by atoms with Crippen molar-refractivity contribution in [2.75, 3.05) is 0 Å². The third kappa shape index (κ3) is 3.31. The van der Waals surface area contributed by atoms with Crippen LogP contribution in [-0.4, -0.2) is 4.98 Å². The molecule has 0 aliphatic rings. The lowest BCUT2D eigenvalue weighted by molar-refractivity contribution is 0.589. The van der Waals surface area contributed by atoms with Gasteiger partial charge in [0.2, 0.25) is 0 Å². The quantitative estimate of drug-likeness (QED) is 0.929. The monoisotopic (exact) mass is 278 g/mol. The fraction of sp³-hybridized carbons (Fsp3) is 0.267. The maximum atomic E-state index is 13.7. The lowest BCUT2D eigenvalue weighted by atomic mass is 10.00. The molecule has 0 fully saturated rings. The fourth-order valence-electron chi connectivity index (χ4n) is 2.13. The van der Waals surface area contributed by atoms with E-state index in [4.69, 9.17) is 17.3 Å². The number of rotatable bonds is 3. The van der Waals surface area contributed by atoms with E-state index in [0.717, 1.165) is 16.8 Å². The lowest BCUT2D eigenvalue weighted by Crippen LogP contribution is -2.17. The molecule has 1 atom stereocenters. The van der Waals surface area contributed by atoms with Crippen LogP contribution in [0.5, 0.6) is 0 Å². The standard InChI is InChI=1S/C15H16ClFN2/c1-9-5-10(2)15(19-8-9)14(18)6-11-3-4-12(16)7-13(11)17/h3-5,7-8,14H,6,18H2,1-2H3. The van der Waals surface area contributed by atoms with Gasteiger partial charge in [0.25, 0.3) is 0 Å². The highest BCUT2D eigenvalue weighted by Crippen LogP contribution is 2.21. The summed E-state index contributed by atoms with van der Waals surface area (Å²) in [7, 11) is 0. The van der Waals surface area contributed by atoms with Gasteiger partial charge < -0.3 is 5.73 Å². The Hall–Kier alpha value is -1.45. The molecule has 0 aliphatic heterocycles. The molecule has 0 spiro atoms. The molecule has 2 rings (SSSR count). The average Bonchev–Trinajstić information content (AvgIpc) is 2.32. The van der Waals surface area contributed by atoms with E-state index in [0.29, 0.717) is 17.0 Å². The molecule has 100 valence electrons. The molecule has 1 aromatic heterocycles. The summed E-state index contributed by atoms with van der Waals surface area (Å²) in [6.07, 6.45) is 2.18. The molecule has 0 radical (unpaired) electrons. The third-order valence-electron chi connectivity index (χ3n) is 3.06. The van der Waals surface area contributed by atoms with E-state index >= 15 is 0 Å². The molecule has 2 nitrogen and oxygen atoms in total. The van der Waals surface area contributed by atoms with E-state index in [1.54, 1.807) is 18.3 Å². The second kappa shape index (κ2) is 5.68. The highest BCUT2D eigenvalue weighted by atomic mass is 35.5. The number of benzene rings is 1. The maximum absolute atomic E-state index is 13.7. The Morgan fingerprint density at radius 3 is 2.68 bits per heavy atom. The Labute approximate surface area is 117 Å². The average molecular weight is 279 g/mol. The van der Waals surface area contributed by atoms with E-state index in [9.17, 15) is 4.39 Å².